The number of hydrogen-bond donors (Lipinski definition) is 0. The van der Waals surface area contributed by atoms with Crippen LogP contribution in [-0.2, 0) is 37.3 Å². The van der Waals surface area contributed by atoms with Gasteiger partial charge in [0.15, 0.2) is 14.7 Å². The Hall–Kier alpha value is -2.08. The van der Waals surface area contributed by atoms with Crippen molar-refractivity contribution in [3.8, 4) is 0 Å². The second-order valence-corrected chi connectivity index (χ2v) is 17.9. The van der Waals surface area contributed by atoms with Crippen LogP contribution in [0.2, 0.25) is 0 Å². The molecule has 0 unspecified atom stereocenters. The topological polar surface area (TPSA) is 57.2 Å². The van der Waals surface area contributed by atoms with E-state index in [2.05, 4.69) is 135 Å². The molecule has 0 bridgehead atoms. The first kappa shape index (κ1) is 33.4. The molecule has 0 saturated heterocycles. The summed E-state index contributed by atoms with van der Waals surface area (Å²) >= 11 is 0. The van der Waals surface area contributed by atoms with Crippen molar-refractivity contribution in [2.75, 3.05) is 0 Å². The van der Waals surface area contributed by atoms with Gasteiger partial charge in [-0.1, -0.05) is 136 Å². The molecule has 1 fully saturated rings. The molecule has 0 atom stereocenters. The minimum Gasteiger partial charge on any atom is -0.748 e. The molecule has 5 heteroatoms. The first-order chi connectivity index (χ1) is 18.9. The van der Waals surface area contributed by atoms with Crippen LogP contribution in [0.1, 0.15) is 111 Å². The lowest BCUT2D eigenvalue weighted by atomic mass is 9.87. The molecule has 1 aliphatic carbocycles. The van der Waals surface area contributed by atoms with E-state index in [1.807, 2.05) is 0 Å². The Bertz CT molecular complexity index is 1260. The van der Waals surface area contributed by atoms with Crippen LogP contribution in [0.3, 0.4) is 0 Å². The first-order valence-corrected chi connectivity index (χ1v) is 17.6. The summed E-state index contributed by atoms with van der Waals surface area (Å²) in [5, 5.41) is -0.582. The van der Waals surface area contributed by atoms with Crippen LogP contribution >= 0.6 is 0 Å². The highest BCUT2D eigenvalue weighted by atomic mass is 32.2. The summed E-state index contributed by atoms with van der Waals surface area (Å²) in [5.41, 5.74) is 4.54. The number of benzene rings is 3. The minimum absolute atomic E-state index is 0.0786. The molecule has 0 radical (unpaired) electrons. The normalized spacial score (nSPS) is 15.4. The monoisotopic (exact) mass is 594 g/mol. The first-order valence-electron chi connectivity index (χ1n) is 14.9. The lowest BCUT2D eigenvalue weighted by Crippen LogP contribution is -2.23. The molecule has 0 N–H and O–H groups in total. The third-order valence-corrected chi connectivity index (χ3v) is 11.4. The Morgan fingerprint density at radius 2 is 0.854 bits per heavy atom. The molecule has 3 aromatic rings. The number of hydrogen-bond acceptors (Lipinski definition) is 3. The van der Waals surface area contributed by atoms with Gasteiger partial charge in [0.1, 0.15) is 10.9 Å². The van der Waals surface area contributed by atoms with E-state index >= 15 is 0 Å². The molecule has 4 rings (SSSR count). The van der Waals surface area contributed by atoms with E-state index in [4.69, 9.17) is 0 Å². The fourth-order valence-corrected chi connectivity index (χ4v) is 9.55. The quantitative estimate of drug-likeness (QED) is 0.223. The van der Waals surface area contributed by atoms with Gasteiger partial charge < -0.3 is 4.55 Å². The van der Waals surface area contributed by atoms with Crippen molar-refractivity contribution in [2.24, 2.45) is 0 Å². The van der Waals surface area contributed by atoms with Crippen molar-refractivity contribution in [3.63, 3.8) is 0 Å². The van der Waals surface area contributed by atoms with Gasteiger partial charge in [0.05, 0.1) is 10.1 Å². The maximum Gasteiger partial charge on any atom is 0.170 e. The van der Waals surface area contributed by atoms with Crippen molar-refractivity contribution in [2.45, 2.75) is 131 Å². The molecule has 0 amide bonds. The van der Waals surface area contributed by atoms with E-state index in [1.165, 1.54) is 31.4 Å². The van der Waals surface area contributed by atoms with Crippen molar-refractivity contribution in [1.82, 2.24) is 0 Å². The maximum atomic E-state index is 10.4. The Labute approximate surface area is 253 Å². The lowest BCUT2D eigenvalue weighted by Gasteiger charge is -2.28. The molecule has 224 valence electrons. The Balaban J connectivity index is 0.000000389. The average Bonchev–Trinajstić information content (AvgIpc) is 2.88. The molecule has 0 spiro atoms. The van der Waals surface area contributed by atoms with Crippen LogP contribution in [0.4, 0.5) is 0 Å². The predicted molar refractivity (Wildman–Crippen MR) is 174 cm³/mol. The van der Waals surface area contributed by atoms with Crippen molar-refractivity contribution < 1.29 is 13.0 Å². The largest absolute Gasteiger partial charge is 0.748 e. The highest BCUT2D eigenvalue weighted by Gasteiger charge is 2.40. The molecule has 41 heavy (non-hydrogen) atoms. The van der Waals surface area contributed by atoms with Gasteiger partial charge in [-0.25, -0.2) is 8.42 Å². The molecule has 0 aliphatic heterocycles. The van der Waals surface area contributed by atoms with E-state index in [0.29, 0.717) is 12.8 Å². The van der Waals surface area contributed by atoms with Crippen molar-refractivity contribution in [1.29, 1.82) is 0 Å². The SMILES string of the molecule is CC(C)(C)c1ccccc1[S+](c1ccccc1C(C)(C)C)c1ccccc1C(C)(C)C.O=S(=O)([O-])C1CCCCC1. The van der Waals surface area contributed by atoms with Crippen LogP contribution in [-0.4, -0.2) is 18.2 Å². The molecular weight excluding hydrogens is 545 g/mol. The van der Waals surface area contributed by atoms with Crippen LogP contribution in [0.25, 0.3) is 0 Å². The minimum atomic E-state index is -3.98. The third kappa shape index (κ3) is 8.72. The maximum absolute atomic E-state index is 10.4. The standard InChI is InChI=1S/C30H39S.C6H12O3S/c1-28(2,3)22-16-10-13-19-25(22)31(26-20-14-11-17-23(26)29(4,5)6)27-21-15-12-18-24(27)30(7,8)9;7-10(8,9)6-4-2-1-3-5-6/h10-21H,1-9H3;6H,1-5H2,(H,7,8,9)/q+1;/p-1. The summed E-state index contributed by atoms with van der Waals surface area (Å²) in [6, 6.07) is 27.3. The zero-order valence-corrected chi connectivity index (χ0v) is 28.2. The summed E-state index contributed by atoms with van der Waals surface area (Å²) in [6.07, 6.45) is 4.02. The summed E-state index contributed by atoms with van der Waals surface area (Å²) in [7, 11) is -4.16. The fraction of sp³-hybridized carbons (Fsp3) is 0.500. The highest BCUT2D eigenvalue weighted by Crippen LogP contribution is 2.44. The summed E-state index contributed by atoms with van der Waals surface area (Å²) in [5.74, 6) is 0. The molecular formula is C36H50O3S2. The lowest BCUT2D eigenvalue weighted by molar-refractivity contribution is 0.413. The summed E-state index contributed by atoms with van der Waals surface area (Å²) < 4.78 is 31.3. The van der Waals surface area contributed by atoms with Gasteiger partial charge in [-0.15, -0.1) is 0 Å². The highest BCUT2D eigenvalue weighted by molar-refractivity contribution is 7.97. The molecule has 1 saturated carbocycles. The average molecular weight is 595 g/mol. The second-order valence-electron chi connectivity index (χ2n) is 14.3. The number of rotatable bonds is 4. The fourth-order valence-electron chi connectivity index (χ4n) is 5.50. The van der Waals surface area contributed by atoms with Gasteiger partial charge in [-0.3, -0.25) is 0 Å². The van der Waals surface area contributed by atoms with E-state index in [0.717, 1.165) is 19.3 Å². The second kappa shape index (κ2) is 13.1. The van der Waals surface area contributed by atoms with Crippen LogP contribution < -0.4 is 0 Å². The van der Waals surface area contributed by atoms with Gasteiger partial charge in [0, 0.05) is 21.9 Å². The summed E-state index contributed by atoms with van der Waals surface area (Å²) in [4.78, 5) is 4.34. The summed E-state index contributed by atoms with van der Waals surface area (Å²) in [6.45, 7) is 21.0. The van der Waals surface area contributed by atoms with Gasteiger partial charge in [0.25, 0.3) is 0 Å². The van der Waals surface area contributed by atoms with Gasteiger partial charge in [-0.2, -0.15) is 0 Å². The van der Waals surface area contributed by atoms with Gasteiger partial charge in [0.2, 0.25) is 0 Å². The molecule has 3 nitrogen and oxygen atoms in total. The van der Waals surface area contributed by atoms with E-state index in [9.17, 15) is 13.0 Å². The zero-order chi connectivity index (χ0) is 30.6. The smallest absolute Gasteiger partial charge is 0.170 e. The third-order valence-electron chi connectivity index (χ3n) is 7.71. The molecule has 0 heterocycles. The van der Waals surface area contributed by atoms with E-state index < -0.39 is 15.4 Å². The Morgan fingerprint density at radius 3 is 1.10 bits per heavy atom. The van der Waals surface area contributed by atoms with Crippen molar-refractivity contribution >= 4 is 21.0 Å². The Kier molecular flexibility index (Phi) is 10.6. The van der Waals surface area contributed by atoms with Crippen LogP contribution in [0.15, 0.2) is 87.5 Å². The molecule has 0 aromatic heterocycles. The molecule has 3 aromatic carbocycles. The van der Waals surface area contributed by atoms with Crippen molar-refractivity contribution in [3.05, 3.63) is 89.5 Å². The predicted octanol–water partition coefficient (Wildman–Crippen LogP) is 9.54. The molecule has 1 aliphatic rings. The van der Waals surface area contributed by atoms with Crippen LogP contribution in [0.5, 0.6) is 0 Å². The van der Waals surface area contributed by atoms with Gasteiger partial charge in [-0.05, 0) is 47.3 Å². The Morgan fingerprint density at radius 1 is 0.561 bits per heavy atom. The van der Waals surface area contributed by atoms with E-state index in [-0.39, 0.29) is 27.1 Å². The van der Waals surface area contributed by atoms with Crippen LogP contribution in [0, 0.1) is 0 Å². The van der Waals surface area contributed by atoms with E-state index in [1.54, 1.807) is 0 Å². The zero-order valence-electron chi connectivity index (χ0n) is 26.6. The van der Waals surface area contributed by atoms with Gasteiger partial charge >= 0.3 is 0 Å².